The minimum atomic E-state index is -4.37. The lowest BCUT2D eigenvalue weighted by Crippen LogP contribution is -2.13. The average molecular weight is 458 g/mol. The van der Waals surface area contributed by atoms with Gasteiger partial charge in [0.25, 0.3) is 0 Å². The molecule has 1 aliphatic rings. The minimum absolute atomic E-state index is 0.265. The first-order valence-electron chi connectivity index (χ1n) is 9.73. The van der Waals surface area contributed by atoms with Crippen LogP contribution in [0.25, 0.3) is 11.1 Å². The van der Waals surface area contributed by atoms with E-state index in [0.717, 1.165) is 34.5 Å². The molecule has 9 heteroatoms. The molecular weight excluding hydrogens is 439 g/mol. The third-order valence-corrected chi connectivity index (χ3v) is 5.22. The number of hydrogen-bond donors (Lipinski definition) is 2. The monoisotopic (exact) mass is 457 g/mol. The van der Waals surface area contributed by atoms with Crippen LogP contribution in [-0.2, 0) is 12.7 Å². The van der Waals surface area contributed by atoms with Gasteiger partial charge in [-0.15, -0.1) is 0 Å². The van der Waals surface area contributed by atoms with Gasteiger partial charge in [0.1, 0.15) is 11.6 Å². The first-order valence-corrected chi connectivity index (χ1v) is 10.1. The fourth-order valence-electron chi connectivity index (χ4n) is 3.43. The number of nitrogens with two attached hydrogens (primary N) is 1. The second-order valence-electron chi connectivity index (χ2n) is 7.22. The summed E-state index contributed by atoms with van der Waals surface area (Å²) in [4.78, 5) is 13.0. The number of aromatic nitrogens is 1. The molecule has 0 radical (unpaired) electrons. The average Bonchev–Trinajstić information content (AvgIpc) is 3.58. The lowest BCUT2D eigenvalue weighted by molar-refractivity contribution is -0.137. The van der Waals surface area contributed by atoms with Crippen LogP contribution in [0.4, 0.5) is 24.8 Å². The van der Waals surface area contributed by atoms with E-state index < -0.39 is 11.7 Å². The van der Waals surface area contributed by atoms with Crippen molar-refractivity contribution in [1.29, 1.82) is 0 Å². The topological polar surface area (TPSA) is 75.7 Å². The molecule has 164 valence electrons. The number of aliphatic imine (C=N–C) groups is 2. The van der Waals surface area contributed by atoms with Crippen LogP contribution in [0, 0.1) is 0 Å². The van der Waals surface area contributed by atoms with Crippen molar-refractivity contribution in [2.24, 2.45) is 9.98 Å². The molecule has 2 heterocycles. The molecular formula is C23H19ClF3N5. The Labute approximate surface area is 187 Å². The van der Waals surface area contributed by atoms with Crippen LogP contribution < -0.4 is 11.1 Å². The maximum absolute atomic E-state index is 12.8. The highest BCUT2D eigenvalue weighted by atomic mass is 35.5. The highest BCUT2D eigenvalue weighted by molar-refractivity contribution is 6.31. The predicted molar refractivity (Wildman–Crippen MR) is 123 cm³/mol. The van der Waals surface area contributed by atoms with Gasteiger partial charge in [-0.05, 0) is 35.4 Å². The maximum atomic E-state index is 12.8. The van der Waals surface area contributed by atoms with Crippen LogP contribution in [-0.4, -0.2) is 30.5 Å². The summed E-state index contributed by atoms with van der Waals surface area (Å²) in [7, 11) is 1.65. The maximum Gasteiger partial charge on any atom is 0.416 e. The zero-order valence-corrected chi connectivity index (χ0v) is 17.8. The second kappa shape index (κ2) is 8.63. The largest absolute Gasteiger partial charge is 0.416 e. The van der Waals surface area contributed by atoms with Gasteiger partial charge in [-0.3, -0.25) is 9.98 Å². The highest BCUT2D eigenvalue weighted by Crippen LogP contribution is 2.37. The van der Waals surface area contributed by atoms with E-state index in [9.17, 15) is 13.2 Å². The summed E-state index contributed by atoms with van der Waals surface area (Å²) in [5.41, 5.74) is 10.2. The molecule has 1 aromatic heterocycles. The number of pyridine rings is 1. The van der Waals surface area contributed by atoms with Crippen molar-refractivity contribution in [2.45, 2.75) is 12.7 Å². The van der Waals surface area contributed by atoms with Crippen molar-refractivity contribution in [3.05, 3.63) is 75.8 Å². The summed E-state index contributed by atoms with van der Waals surface area (Å²) >= 11 is 6.23. The number of nitrogen functional groups attached to an aromatic ring is 1. The van der Waals surface area contributed by atoms with Crippen LogP contribution in [0.2, 0.25) is 5.02 Å². The van der Waals surface area contributed by atoms with E-state index in [1.807, 2.05) is 18.2 Å². The fraction of sp³-hybridized carbons (Fsp3) is 0.174. The standard InChI is InChI=1S/C23H19ClF3N5/c1-29-11-17-19(14-3-2-4-16(24)9-14)20(18-12-30-18)22(32-21(17)28)31-10-13-5-7-15(8-6-13)23(25,26)27/h2-9,11H,10,12H2,1H3,(H3,28,31,32). The molecule has 5 nitrogen and oxygen atoms in total. The van der Waals surface area contributed by atoms with Gasteiger partial charge in [0.15, 0.2) is 0 Å². The van der Waals surface area contributed by atoms with Gasteiger partial charge in [0.05, 0.1) is 17.8 Å². The van der Waals surface area contributed by atoms with E-state index in [-0.39, 0.29) is 12.4 Å². The summed E-state index contributed by atoms with van der Waals surface area (Å²) in [6.45, 7) is 0.831. The molecule has 1 aliphatic heterocycles. The summed E-state index contributed by atoms with van der Waals surface area (Å²) in [5.74, 6) is 0.771. The third-order valence-electron chi connectivity index (χ3n) is 4.98. The van der Waals surface area contributed by atoms with Crippen LogP contribution in [0.1, 0.15) is 22.3 Å². The lowest BCUT2D eigenvalue weighted by atomic mass is 9.94. The number of nitrogens with one attached hydrogen (secondary N) is 1. The normalized spacial score (nSPS) is 13.3. The van der Waals surface area contributed by atoms with Crippen molar-refractivity contribution in [2.75, 3.05) is 24.6 Å². The summed E-state index contributed by atoms with van der Waals surface area (Å²) < 4.78 is 38.5. The summed E-state index contributed by atoms with van der Waals surface area (Å²) in [6.07, 6.45) is -2.73. The van der Waals surface area contributed by atoms with E-state index in [0.29, 0.717) is 28.5 Å². The van der Waals surface area contributed by atoms with Gasteiger partial charge < -0.3 is 11.1 Å². The summed E-state index contributed by atoms with van der Waals surface area (Å²) in [6, 6.07) is 12.4. The molecule has 32 heavy (non-hydrogen) atoms. The Balaban J connectivity index is 1.75. The Morgan fingerprint density at radius 3 is 2.47 bits per heavy atom. The first kappa shape index (κ1) is 21.8. The van der Waals surface area contributed by atoms with Gasteiger partial charge in [-0.25, -0.2) is 4.98 Å². The van der Waals surface area contributed by atoms with Crippen molar-refractivity contribution in [3.8, 4) is 11.1 Å². The second-order valence-corrected chi connectivity index (χ2v) is 7.65. The minimum Gasteiger partial charge on any atom is -0.383 e. The molecule has 0 saturated carbocycles. The van der Waals surface area contributed by atoms with E-state index in [2.05, 4.69) is 20.3 Å². The summed E-state index contributed by atoms with van der Waals surface area (Å²) in [5, 5.41) is 3.78. The smallest absolute Gasteiger partial charge is 0.383 e. The highest BCUT2D eigenvalue weighted by Gasteiger charge is 2.30. The van der Waals surface area contributed by atoms with Crippen molar-refractivity contribution < 1.29 is 13.2 Å². The fourth-order valence-corrected chi connectivity index (χ4v) is 3.62. The molecule has 4 rings (SSSR count). The molecule has 0 bridgehead atoms. The van der Waals surface area contributed by atoms with E-state index in [1.165, 1.54) is 12.1 Å². The Hall–Kier alpha value is -3.39. The molecule has 0 aliphatic carbocycles. The number of alkyl halides is 3. The molecule has 0 unspecified atom stereocenters. The van der Waals surface area contributed by atoms with E-state index in [4.69, 9.17) is 17.3 Å². The molecule has 0 spiro atoms. The lowest BCUT2D eigenvalue weighted by Gasteiger charge is -2.18. The SMILES string of the molecule is CN=Cc1c(N)nc(NCc2ccc(C(F)(F)F)cc2)c(C2=NC2)c1-c1cccc(Cl)c1. The molecule has 3 aromatic rings. The van der Waals surface area contributed by atoms with E-state index in [1.54, 1.807) is 19.3 Å². The Kier molecular flexibility index (Phi) is 5.88. The Morgan fingerprint density at radius 1 is 1.16 bits per heavy atom. The molecule has 0 amide bonds. The number of nitrogens with zero attached hydrogens (tertiary/aromatic N) is 3. The van der Waals surface area contributed by atoms with Crippen molar-refractivity contribution >= 4 is 35.2 Å². The van der Waals surface area contributed by atoms with Crippen LogP contribution in [0.5, 0.6) is 0 Å². The zero-order chi connectivity index (χ0) is 22.9. The van der Waals surface area contributed by atoms with Crippen LogP contribution >= 0.6 is 11.6 Å². The number of rotatable bonds is 6. The first-order chi connectivity index (χ1) is 15.3. The van der Waals surface area contributed by atoms with Gasteiger partial charge in [-0.1, -0.05) is 35.9 Å². The van der Waals surface area contributed by atoms with E-state index >= 15 is 0 Å². The molecule has 0 fully saturated rings. The molecule has 0 saturated heterocycles. The Morgan fingerprint density at radius 2 is 1.88 bits per heavy atom. The van der Waals surface area contributed by atoms with Crippen LogP contribution in [0.15, 0.2) is 58.5 Å². The van der Waals surface area contributed by atoms with Crippen molar-refractivity contribution in [3.63, 3.8) is 0 Å². The molecule has 0 atom stereocenters. The predicted octanol–water partition coefficient (Wildman–Crippen LogP) is 5.47. The van der Waals surface area contributed by atoms with Crippen molar-refractivity contribution in [1.82, 2.24) is 4.98 Å². The number of halogens is 4. The Bertz CT molecular complexity index is 1220. The number of benzene rings is 2. The quantitative estimate of drug-likeness (QED) is 0.482. The molecule has 2 aromatic carbocycles. The molecule has 3 N–H and O–H groups in total. The zero-order valence-electron chi connectivity index (χ0n) is 17.0. The number of hydrogen-bond acceptors (Lipinski definition) is 5. The van der Waals surface area contributed by atoms with Gasteiger partial charge in [-0.2, -0.15) is 13.2 Å². The van der Waals surface area contributed by atoms with Gasteiger partial charge >= 0.3 is 6.18 Å². The number of anilines is 2. The van der Waals surface area contributed by atoms with Crippen LogP contribution in [0.3, 0.4) is 0 Å². The van der Waals surface area contributed by atoms with Gasteiger partial charge in [0.2, 0.25) is 0 Å². The third kappa shape index (κ3) is 4.60. The van der Waals surface area contributed by atoms with Gasteiger partial charge in [0, 0.05) is 41.5 Å².